The molecule has 84 valence electrons. The van der Waals surface area contributed by atoms with Crippen molar-refractivity contribution >= 4 is 42.8 Å². The quantitative estimate of drug-likeness (QED) is 0.554. The van der Waals surface area contributed by atoms with Gasteiger partial charge in [0.25, 0.3) is 0 Å². The van der Waals surface area contributed by atoms with Crippen LogP contribution in [0.5, 0.6) is 0 Å². The van der Waals surface area contributed by atoms with Gasteiger partial charge in [0.2, 0.25) is 0 Å². The molecule has 2 aromatic rings. The van der Waals surface area contributed by atoms with Gasteiger partial charge in [0.05, 0.1) is 5.69 Å². The predicted molar refractivity (Wildman–Crippen MR) is 78.7 cm³/mol. The average molecular weight is 285 g/mol. The second-order valence-electron chi connectivity index (χ2n) is 2.99. The first-order chi connectivity index (χ1) is 7.95. The zero-order valence-electron chi connectivity index (χ0n) is 8.54. The fraction of sp³-hybridized carbons (Fsp3) is 0.182. The molecular formula is C11H11NS4. The van der Waals surface area contributed by atoms with Crippen LogP contribution in [0, 0.1) is 0 Å². The molecule has 0 bridgehead atoms. The van der Waals surface area contributed by atoms with E-state index in [9.17, 15) is 0 Å². The summed E-state index contributed by atoms with van der Waals surface area (Å²) in [6.07, 6.45) is 1.85. The van der Waals surface area contributed by atoms with Gasteiger partial charge in [-0.15, -0.1) is 11.3 Å². The van der Waals surface area contributed by atoms with Crippen LogP contribution in [0.3, 0.4) is 0 Å². The molecule has 2 heterocycles. The Morgan fingerprint density at radius 1 is 1.06 bits per heavy atom. The Bertz CT molecular complexity index is 388. The Morgan fingerprint density at radius 2 is 2.00 bits per heavy atom. The molecule has 1 nitrogen and oxygen atoms in total. The molecular weight excluding hydrogens is 274 g/mol. The number of hydrogen-bond acceptors (Lipinski definition) is 5. The maximum absolute atomic E-state index is 4.28. The van der Waals surface area contributed by atoms with Crippen LogP contribution in [-0.2, 0) is 11.5 Å². The van der Waals surface area contributed by atoms with Gasteiger partial charge in [-0.1, -0.05) is 33.7 Å². The molecule has 0 fully saturated rings. The van der Waals surface area contributed by atoms with Crippen LogP contribution in [0.1, 0.15) is 10.6 Å². The molecule has 0 unspecified atom stereocenters. The SMILES string of the molecule is c1ccc(CSSSCc2cccs2)nc1. The van der Waals surface area contributed by atoms with Crippen molar-refractivity contribution < 1.29 is 0 Å². The fourth-order valence-electron chi connectivity index (χ4n) is 1.08. The summed E-state index contributed by atoms with van der Waals surface area (Å²) in [6, 6.07) is 10.3. The van der Waals surface area contributed by atoms with Crippen LogP contribution in [0.25, 0.3) is 0 Å². The Hall–Kier alpha value is -0.100. The minimum absolute atomic E-state index is 0.975. The van der Waals surface area contributed by atoms with Crippen LogP contribution >= 0.6 is 42.8 Å². The molecule has 2 rings (SSSR count). The van der Waals surface area contributed by atoms with Gasteiger partial charge in [-0.2, -0.15) is 0 Å². The van der Waals surface area contributed by atoms with Crippen LogP contribution < -0.4 is 0 Å². The third-order valence-corrected chi connectivity index (χ3v) is 6.92. The van der Waals surface area contributed by atoms with Crippen molar-refractivity contribution in [2.24, 2.45) is 0 Å². The van der Waals surface area contributed by atoms with E-state index in [0.29, 0.717) is 0 Å². The van der Waals surface area contributed by atoms with Gasteiger partial charge in [0.1, 0.15) is 0 Å². The molecule has 0 spiro atoms. The van der Waals surface area contributed by atoms with Gasteiger partial charge in [-0.3, -0.25) is 4.98 Å². The summed E-state index contributed by atoms with van der Waals surface area (Å²) in [5.41, 5.74) is 1.15. The van der Waals surface area contributed by atoms with Gasteiger partial charge in [-0.05, 0) is 33.4 Å². The normalized spacial score (nSPS) is 10.5. The van der Waals surface area contributed by atoms with Gasteiger partial charge < -0.3 is 0 Å². The van der Waals surface area contributed by atoms with Crippen molar-refractivity contribution in [2.45, 2.75) is 11.5 Å². The highest BCUT2D eigenvalue weighted by Gasteiger charge is 1.97. The van der Waals surface area contributed by atoms with Crippen LogP contribution in [-0.4, -0.2) is 4.98 Å². The molecule has 0 aliphatic heterocycles. The summed E-state index contributed by atoms with van der Waals surface area (Å²) in [5.74, 6) is 2.07. The van der Waals surface area contributed by atoms with Crippen LogP contribution in [0.15, 0.2) is 41.9 Å². The topological polar surface area (TPSA) is 12.9 Å². The van der Waals surface area contributed by atoms with E-state index in [-0.39, 0.29) is 0 Å². The number of aromatic nitrogens is 1. The third kappa shape index (κ3) is 4.41. The van der Waals surface area contributed by atoms with Gasteiger partial charge >= 0.3 is 0 Å². The molecule has 0 N–H and O–H groups in total. The van der Waals surface area contributed by atoms with Gasteiger partial charge in [0.15, 0.2) is 0 Å². The summed E-state index contributed by atoms with van der Waals surface area (Å²) in [5, 5.41) is 2.13. The first-order valence-corrected chi connectivity index (χ1v) is 9.48. The second-order valence-corrected chi connectivity index (χ2v) is 8.26. The highest BCUT2D eigenvalue weighted by atomic mass is 33.5. The largest absolute Gasteiger partial charge is 0.260 e. The van der Waals surface area contributed by atoms with Crippen molar-refractivity contribution in [3.8, 4) is 0 Å². The van der Waals surface area contributed by atoms with E-state index in [0.717, 1.165) is 17.2 Å². The van der Waals surface area contributed by atoms with Crippen LogP contribution in [0.4, 0.5) is 0 Å². The van der Waals surface area contributed by atoms with Crippen molar-refractivity contribution in [2.75, 3.05) is 0 Å². The summed E-state index contributed by atoms with van der Waals surface area (Å²) >= 11 is 1.82. The molecule has 0 aliphatic rings. The van der Waals surface area contributed by atoms with E-state index in [1.807, 2.05) is 61.1 Å². The highest BCUT2D eigenvalue weighted by molar-refractivity contribution is 9.09. The number of thiophene rings is 1. The Morgan fingerprint density at radius 3 is 2.75 bits per heavy atom. The van der Waals surface area contributed by atoms with Crippen molar-refractivity contribution in [1.29, 1.82) is 0 Å². The molecule has 0 radical (unpaired) electrons. The van der Waals surface area contributed by atoms with Gasteiger partial charge in [0, 0.05) is 22.6 Å². The van der Waals surface area contributed by atoms with Crippen molar-refractivity contribution in [1.82, 2.24) is 4.98 Å². The Labute approximate surface area is 111 Å². The maximum atomic E-state index is 4.28. The van der Waals surface area contributed by atoms with E-state index in [1.165, 1.54) is 4.88 Å². The lowest BCUT2D eigenvalue weighted by atomic mass is 10.4. The van der Waals surface area contributed by atoms with E-state index in [1.54, 1.807) is 0 Å². The molecule has 0 saturated carbocycles. The number of nitrogens with zero attached hydrogens (tertiary/aromatic N) is 1. The fourth-order valence-corrected chi connectivity index (χ4v) is 5.62. The lowest BCUT2D eigenvalue weighted by molar-refractivity contribution is 1.18. The molecule has 16 heavy (non-hydrogen) atoms. The smallest absolute Gasteiger partial charge is 0.0511 e. The summed E-state index contributed by atoms with van der Waals surface area (Å²) in [7, 11) is 5.59. The first-order valence-electron chi connectivity index (χ1n) is 4.78. The molecule has 0 atom stereocenters. The maximum Gasteiger partial charge on any atom is 0.0511 e. The molecule has 2 aromatic heterocycles. The highest BCUT2D eigenvalue weighted by Crippen LogP contribution is 2.38. The van der Waals surface area contributed by atoms with E-state index >= 15 is 0 Å². The van der Waals surface area contributed by atoms with Gasteiger partial charge in [-0.25, -0.2) is 0 Å². The molecule has 0 amide bonds. The van der Waals surface area contributed by atoms with Crippen molar-refractivity contribution in [3.63, 3.8) is 0 Å². The predicted octanol–water partition coefficient (Wildman–Crippen LogP) is 4.87. The van der Waals surface area contributed by atoms with E-state index in [4.69, 9.17) is 0 Å². The molecule has 0 aromatic carbocycles. The van der Waals surface area contributed by atoms with Crippen molar-refractivity contribution in [3.05, 3.63) is 52.5 Å². The molecule has 0 saturated heterocycles. The minimum atomic E-state index is 0.975. The first kappa shape index (κ1) is 12.4. The summed E-state index contributed by atoms with van der Waals surface area (Å²) in [6.45, 7) is 0. The lowest BCUT2D eigenvalue weighted by Crippen LogP contribution is -1.81. The average Bonchev–Trinajstić information content (AvgIpc) is 2.83. The molecule has 5 heteroatoms. The summed E-state index contributed by atoms with van der Waals surface area (Å²) < 4.78 is 0. The Kier molecular flexibility index (Phi) is 5.62. The standard InChI is InChI=1S/C11H11NS4/c1-2-6-12-10(4-1)8-14-16-15-9-11-5-3-7-13-11/h1-7H,8-9H2. The second kappa shape index (κ2) is 7.27. The zero-order chi connectivity index (χ0) is 11.1. The van der Waals surface area contributed by atoms with E-state index < -0.39 is 0 Å². The number of pyridine rings is 1. The van der Waals surface area contributed by atoms with E-state index in [2.05, 4.69) is 28.6 Å². The monoisotopic (exact) mass is 285 g/mol. The number of hydrogen-bond donors (Lipinski definition) is 0. The summed E-state index contributed by atoms with van der Waals surface area (Å²) in [4.78, 5) is 5.73. The number of rotatable bonds is 6. The van der Waals surface area contributed by atoms with Crippen LogP contribution in [0.2, 0.25) is 0 Å². The Balaban J connectivity index is 1.59. The minimum Gasteiger partial charge on any atom is -0.260 e. The lowest BCUT2D eigenvalue weighted by Gasteiger charge is -1.99. The zero-order valence-corrected chi connectivity index (χ0v) is 11.8. The third-order valence-electron chi connectivity index (χ3n) is 1.81. The molecule has 0 aliphatic carbocycles.